The second-order valence-electron chi connectivity index (χ2n) is 4.80. The minimum Gasteiger partial charge on any atom is -0.478 e. The molecule has 20 heavy (non-hydrogen) atoms. The van der Waals surface area contributed by atoms with Gasteiger partial charge in [-0.15, -0.1) is 0 Å². The van der Waals surface area contributed by atoms with Crippen LogP contribution < -0.4 is 0 Å². The van der Waals surface area contributed by atoms with E-state index in [-0.39, 0.29) is 0 Å². The number of carboxylic acid groups (broad SMARTS) is 1. The first-order valence-corrected chi connectivity index (χ1v) is 6.35. The van der Waals surface area contributed by atoms with Crippen LogP contribution in [0.5, 0.6) is 0 Å². The van der Waals surface area contributed by atoms with E-state index in [2.05, 4.69) is 4.98 Å². The van der Waals surface area contributed by atoms with Crippen molar-refractivity contribution in [2.24, 2.45) is 0 Å². The standard InChI is InChI=1S/C16H14N2O2/c1-10-8-13(16(19)20)11(2)18(10)15-5-3-4-12-6-7-17-9-14(12)15/h3-9H,1-2H3,(H,19,20). The van der Waals surface area contributed by atoms with Gasteiger partial charge in [-0.1, -0.05) is 12.1 Å². The lowest BCUT2D eigenvalue weighted by Gasteiger charge is -2.12. The summed E-state index contributed by atoms with van der Waals surface area (Å²) >= 11 is 0. The summed E-state index contributed by atoms with van der Waals surface area (Å²) in [5.41, 5.74) is 2.92. The SMILES string of the molecule is Cc1cc(C(=O)O)c(C)n1-c1cccc2ccncc12. The van der Waals surface area contributed by atoms with E-state index in [0.29, 0.717) is 5.56 Å². The number of aryl methyl sites for hydroxylation is 1. The monoisotopic (exact) mass is 266 g/mol. The lowest BCUT2D eigenvalue weighted by molar-refractivity contribution is 0.0696. The van der Waals surface area contributed by atoms with Crippen LogP contribution in [0.25, 0.3) is 16.5 Å². The van der Waals surface area contributed by atoms with Crippen molar-refractivity contribution < 1.29 is 9.90 Å². The predicted octanol–water partition coefficient (Wildman–Crippen LogP) is 3.34. The van der Waals surface area contributed by atoms with E-state index in [1.807, 2.05) is 48.9 Å². The number of benzene rings is 1. The molecule has 0 fully saturated rings. The lowest BCUT2D eigenvalue weighted by Crippen LogP contribution is -2.03. The van der Waals surface area contributed by atoms with Crippen molar-refractivity contribution in [1.29, 1.82) is 0 Å². The molecule has 2 heterocycles. The molecule has 3 aromatic rings. The summed E-state index contributed by atoms with van der Waals surface area (Å²) in [5, 5.41) is 11.3. The maximum absolute atomic E-state index is 11.3. The highest BCUT2D eigenvalue weighted by Gasteiger charge is 2.16. The highest BCUT2D eigenvalue weighted by molar-refractivity contribution is 5.92. The molecule has 0 bridgehead atoms. The molecular weight excluding hydrogens is 252 g/mol. The molecule has 0 aliphatic carbocycles. The third kappa shape index (κ3) is 1.77. The molecule has 4 heteroatoms. The smallest absolute Gasteiger partial charge is 0.337 e. The van der Waals surface area contributed by atoms with Gasteiger partial charge in [-0.3, -0.25) is 4.98 Å². The highest BCUT2D eigenvalue weighted by Crippen LogP contribution is 2.26. The summed E-state index contributed by atoms with van der Waals surface area (Å²) in [6.07, 6.45) is 3.56. The summed E-state index contributed by atoms with van der Waals surface area (Å²) in [7, 11) is 0. The summed E-state index contributed by atoms with van der Waals surface area (Å²) in [6.45, 7) is 3.74. The van der Waals surface area contributed by atoms with Gasteiger partial charge in [0.05, 0.1) is 11.3 Å². The first-order chi connectivity index (χ1) is 9.59. The van der Waals surface area contributed by atoms with Gasteiger partial charge < -0.3 is 9.67 Å². The minimum absolute atomic E-state index is 0.336. The highest BCUT2D eigenvalue weighted by atomic mass is 16.4. The summed E-state index contributed by atoms with van der Waals surface area (Å²) < 4.78 is 1.97. The normalized spacial score (nSPS) is 10.9. The lowest BCUT2D eigenvalue weighted by atomic mass is 10.1. The van der Waals surface area contributed by atoms with Crippen LogP contribution in [0.15, 0.2) is 42.7 Å². The van der Waals surface area contributed by atoms with Crippen molar-refractivity contribution in [3.8, 4) is 5.69 Å². The van der Waals surface area contributed by atoms with Crippen LogP contribution in [0.1, 0.15) is 21.7 Å². The number of aromatic nitrogens is 2. The number of rotatable bonds is 2. The maximum atomic E-state index is 11.3. The van der Waals surface area contributed by atoms with Crippen LogP contribution in [0.3, 0.4) is 0 Å². The number of fused-ring (bicyclic) bond motifs is 1. The number of hydrogen-bond acceptors (Lipinski definition) is 2. The Morgan fingerprint density at radius 3 is 2.75 bits per heavy atom. The van der Waals surface area contributed by atoms with Crippen LogP contribution >= 0.6 is 0 Å². The van der Waals surface area contributed by atoms with E-state index in [0.717, 1.165) is 27.8 Å². The maximum Gasteiger partial charge on any atom is 0.337 e. The molecule has 0 unspecified atom stereocenters. The Bertz CT molecular complexity index is 813. The fourth-order valence-electron chi connectivity index (χ4n) is 2.64. The topological polar surface area (TPSA) is 55.1 Å². The summed E-state index contributed by atoms with van der Waals surface area (Å²) in [5.74, 6) is -0.900. The summed E-state index contributed by atoms with van der Waals surface area (Å²) in [4.78, 5) is 15.4. The molecule has 3 rings (SSSR count). The van der Waals surface area contributed by atoms with E-state index in [9.17, 15) is 9.90 Å². The van der Waals surface area contributed by atoms with Crippen molar-refractivity contribution in [1.82, 2.24) is 9.55 Å². The summed E-state index contributed by atoms with van der Waals surface area (Å²) in [6, 6.07) is 9.62. The predicted molar refractivity (Wildman–Crippen MR) is 77.5 cm³/mol. The second kappa shape index (κ2) is 4.49. The Kier molecular flexibility index (Phi) is 2.79. The van der Waals surface area contributed by atoms with Crippen LogP contribution in [-0.4, -0.2) is 20.6 Å². The molecule has 2 aromatic heterocycles. The van der Waals surface area contributed by atoms with Gasteiger partial charge in [0.1, 0.15) is 0 Å². The zero-order valence-electron chi connectivity index (χ0n) is 11.3. The fourth-order valence-corrected chi connectivity index (χ4v) is 2.64. The average Bonchev–Trinajstić information content (AvgIpc) is 2.74. The Hall–Kier alpha value is -2.62. The molecule has 0 aliphatic rings. The van der Waals surface area contributed by atoms with Crippen molar-refractivity contribution in [2.75, 3.05) is 0 Å². The van der Waals surface area contributed by atoms with Gasteiger partial charge >= 0.3 is 5.97 Å². The molecule has 4 nitrogen and oxygen atoms in total. The molecule has 0 radical (unpaired) electrons. The third-order valence-electron chi connectivity index (χ3n) is 3.56. The average molecular weight is 266 g/mol. The number of carboxylic acids is 1. The molecule has 0 spiro atoms. The first-order valence-electron chi connectivity index (χ1n) is 6.35. The molecule has 0 saturated carbocycles. The van der Waals surface area contributed by atoms with Gasteiger partial charge in [0.25, 0.3) is 0 Å². The molecule has 0 atom stereocenters. The van der Waals surface area contributed by atoms with E-state index >= 15 is 0 Å². The van der Waals surface area contributed by atoms with E-state index in [4.69, 9.17) is 0 Å². The number of nitrogens with zero attached hydrogens (tertiary/aromatic N) is 2. The number of aromatic carboxylic acids is 1. The fraction of sp³-hybridized carbons (Fsp3) is 0.125. The van der Waals surface area contributed by atoms with Crippen molar-refractivity contribution in [3.63, 3.8) is 0 Å². The Morgan fingerprint density at radius 2 is 2.05 bits per heavy atom. The van der Waals surface area contributed by atoms with E-state index in [1.54, 1.807) is 12.3 Å². The van der Waals surface area contributed by atoms with Crippen LogP contribution in [0, 0.1) is 13.8 Å². The van der Waals surface area contributed by atoms with Crippen LogP contribution in [0.2, 0.25) is 0 Å². The number of carbonyl (C=O) groups is 1. The molecule has 1 N–H and O–H groups in total. The van der Waals surface area contributed by atoms with Crippen molar-refractivity contribution >= 4 is 16.7 Å². The van der Waals surface area contributed by atoms with Gasteiger partial charge in [-0.25, -0.2) is 4.79 Å². The van der Waals surface area contributed by atoms with Gasteiger partial charge in [-0.2, -0.15) is 0 Å². The molecule has 0 saturated heterocycles. The quantitative estimate of drug-likeness (QED) is 0.774. The molecule has 0 aliphatic heterocycles. The Balaban J connectivity index is 2.34. The van der Waals surface area contributed by atoms with Gasteiger partial charge in [0, 0.05) is 29.2 Å². The first kappa shape index (κ1) is 12.4. The van der Waals surface area contributed by atoms with Crippen molar-refractivity contribution in [3.05, 3.63) is 59.7 Å². The van der Waals surface area contributed by atoms with Gasteiger partial charge in [0.15, 0.2) is 0 Å². The second-order valence-corrected chi connectivity index (χ2v) is 4.80. The molecule has 100 valence electrons. The zero-order chi connectivity index (χ0) is 14.3. The zero-order valence-corrected chi connectivity index (χ0v) is 11.3. The Labute approximate surface area is 116 Å². The molecule has 0 amide bonds. The van der Waals surface area contributed by atoms with Crippen LogP contribution in [-0.2, 0) is 0 Å². The number of pyridine rings is 1. The Morgan fingerprint density at radius 1 is 1.25 bits per heavy atom. The van der Waals surface area contributed by atoms with E-state index < -0.39 is 5.97 Å². The minimum atomic E-state index is -0.900. The van der Waals surface area contributed by atoms with Crippen LogP contribution in [0.4, 0.5) is 0 Å². The largest absolute Gasteiger partial charge is 0.478 e. The van der Waals surface area contributed by atoms with Gasteiger partial charge in [0.2, 0.25) is 0 Å². The van der Waals surface area contributed by atoms with Crippen molar-refractivity contribution in [2.45, 2.75) is 13.8 Å². The molecule has 1 aromatic carbocycles. The van der Waals surface area contributed by atoms with E-state index in [1.165, 1.54) is 0 Å². The number of hydrogen-bond donors (Lipinski definition) is 1. The van der Waals surface area contributed by atoms with Gasteiger partial charge in [-0.05, 0) is 37.4 Å². The third-order valence-corrected chi connectivity index (χ3v) is 3.56. The molecular formula is C16H14N2O2.